The smallest absolute Gasteiger partial charge is 0.336 e. The fourth-order valence-corrected chi connectivity index (χ4v) is 9.41. The highest BCUT2D eigenvalue weighted by molar-refractivity contribution is 5.89. The lowest BCUT2D eigenvalue weighted by Gasteiger charge is -2.59. The van der Waals surface area contributed by atoms with Gasteiger partial charge in [0.05, 0.1) is 6.61 Å². The zero-order chi connectivity index (χ0) is 43.8. The van der Waals surface area contributed by atoms with Gasteiger partial charge in [-0.1, -0.05) is 32.3 Å². The molecule has 0 bridgehead atoms. The van der Waals surface area contributed by atoms with Gasteiger partial charge in [0.15, 0.2) is 23.0 Å². The summed E-state index contributed by atoms with van der Waals surface area (Å²) >= 11 is 0. The van der Waals surface area contributed by atoms with Crippen LogP contribution >= 0.6 is 0 Å². The summed E-state index contributed by atoms with van der Waals surface area (Å²) in [7, 11) is 0. The number of aliphatic carboxylic acids is 1. The summed E-state index contributed by atoms with van der Waals surface area (Å²) in [5, 5.41) is 75.2. The number of aromatic amines is 1. The standard InChI is InChI=1S/C45H52N4O13/c1-2-24-16-25(18-28(50)17-24)22-59-39-33(61-43-38(53)40(54)45(57,41(62-43)42(55)56)44(13-4-3-5-14-44)34-21-47-23-48-34)20-32-36(37(39)52)30(51)19-31(60-32)26-6-9-29(10-7-26)58-15-12-27-8-11-35(46)49-27/h6-11,16-20,34,38,40-41,43,47-50,52-54,57H,2-5,12-15,21-23,46H2,1H3,(H,55,56). The average Bonchev–Trinajstić information content (AvgIpc) is 3.96. The third kappa shape index (κ3) is 8.03. The van der Waals surface area contributed by atoms with Crippen molar-refractivity contribution in [1.82, 2.24) is 15.6 Å². The van der Waals surface area contributed by atoms with E-state index < -0.39 is 64.6 Å². The number of aryl methyl sites for hydroxylation is 1. The number of aliphatic hydroxyl groups excluding tert-OH is 2. The van der Waals surface area contributed by atoms with E-state index in [9.17, 15) is 40.2 Å². The van der Waals surface area contributed by atoms with Gasteiger partial charge in [-0.25, -0.2) is 4.79 Å². The number of nitrogen functional groups attached to an aromatic ring is 1. The maximum absolute atomic E-state index is 13.8. The largest absolute Gasteiger partial charge is 0.508 e. The number of carboxylic acids is 1. The molecular formula is C45H52N4O13. The molecule has 6 atom stereocenters. The number of carboxylic acid groups (broad SMARTS) is 1. The predicted octanol–water partition coefficient (Wildman–Crippen LogP) is 3.66. The van der Waals surface area contributed by atoms with Crippen LogP contribution in [0.4, 0.5) is 5.82 Å². The molecule has 6 unspecified atom stereocenters. The molecule has 3 fully saturated rings. The lowest BCUT2D eigenvalue weighted by Crippen LogP contribution is -2.77. The molecule has 2 aliphatic heterocycles. The number of aromatic nitrogens is 1. The Kier molecular flexibility index (Phi) is 12.1. The van der Waals surface area contributed by atoms with E-state index in [2.05, 4.69) is 15.6 Å². The van der Waals surface area contributed by atoms with E-state index in [1.807, 2.05) is 13.0 Å². The summed E-state index contributed by atoms with van der Waals surface area (Å²) in [5.74, 6) is -1.80. The summed E-state index contributed by atoms with van der Waals surface area (Å²) in [6.45, 7) is 2.84. The van der Waals surface area contributed by atoms with Crippen molar-refractivity contribution in [2.24, 2.45) is 5.41 Å². The molecule has 0 radical (unpaired) electrons. The zero-order valence-electron chi connectivity index (χ0n) is 34.1. The van der Waals surface area contributed by atoms with Crippen molar-refractivity contribution in [3.63, 3.8) is 0 Å². The van der Waals surface area contributed by atoms with E-state index in [4.69, 9.17) is 29.1 Å². The van der Waals surface area contributed by atoms with Crippen LogP contribution in [0.5, 0.6) is 28.7 Å². The van der Waals surface area contributed by atoms with E-state index in [0.29, 0.717) is 81.0 Å². The summed E-state index contributed by atoms with van der Waals surface area (Å²) in [5.41, 5.74) is 3.99. The van der Waals surface area contributed by atoms with Gasteiger partial charge in [0, 0.05) is 54.5 Å². The molecule has 3 aliphatic rings. The first-order valence-electron chi connectivity index (χ1n) is 20.8. The fourth-order valence-electron chi connectivity index (χ4n) is 9.41. The van der Waals surface area contributed by atoms with E-state index in [1.54, 1.807) is 42.5 Å². The fraction of sp³-hybridized carbons (Fsp3) is 0.422. The first-order chi connectivity index (χ1) is 29.8. The first kappa shape index (κ1) is 42.9. The molecule has 2 aromatic heterocycles. The van der Waals surface area contributed by atoms with Crippen LogP contribution in [0.2, 0.25) is 0 Å². The number of benzene rings is 3. The molecule has 1 saturated carbocycles. The number of ether oxygens (including phenoxy) is 4. The van der Waals surface area contributed by atoms with Crippen molar-refractivity contribution in [1.29, 1.82) is 0 Å². The van der Waals surface area contributed by atoms with Crippen LogP contribution in [-0.2, 0) is 29.0 Å². The highest BCUT2D eigenvalue weighted by Crippen LogP contribution is 2.54. The lowest BCUT2D eigenvalue weighted by molar-refractivity contribution is -0.338. The van der Waals surface area contributed by atoms with Gasteiger partial charge >= 0.3 is 5.97 Å². The van der Waals surface area contributed by atoms with E-state index >= 15 is 0 Å². The summed E-state index contributed by atoms with van der Waals surface area (Å²) in [6, 6.07) is 17.3. The number of rotatable bonds is 14. The van der Waals surface area contributed by atoms with Gasteiger partial charge in [-0.3, -0.25) is 10.1 Å². The Labute approximate surface area is 356 Å². The number of anilines is 1. The molecule has 3 aromatic carbocycles. The molecule has 0 spiro atoms. The highest BCUT2D eigenvalue weighted by atomic mass is 16.7. The minimum absolute atomic E-state index is 0.0173. The van der Waals surface area contributed by atoms with Crippen LogP contribution in [-0.4, -0.2) is 97.7 Å². The van der Waals surface area contributed by atoms with Gasteiger partial charge < -0.3 is 70.0 Å². The average molecular weight is 857 g/mol. The minimum atomic E-state index is -2.47. The molecule has 17 nitrogen and oxygen atoms in total. The summed E-state index contributed by atoms with van der Waals surface area (Å²) in [6.07, 6.45) is -4.04. The Morgan fingerprint density at radius 3 is 2.40 bits per heavy atom. The van der Waals surface area contributed by atoms with Gasteiger partial charge in [0.1, 0.15) is 58.5 Å². The third-order valence-corrected chi connectivity index (χ3v) is 12.5. The minimum Gasteiger partial charge on any atom is -0.508 e. The first-order valence-corrected chi connectivity index (χ1v) is 20.8. The second kappa shape index (κ2) is 17.5. The number of phenols is 2. The van der Waals surface area contributed by atoms with Gasteiger partial charge in [0.2, 0.25) is 12.0 Å². The predicted molar refractivity (Wildman–Crippen MR) is 225 cm³/mol. The normalized spacial score (nSPS) is 24.8. The second-order valence-electron chi connectivity index (χ2n) is 16.3. The van der Waals surface area contributed by atoms with Crippen molar-refractivity contribution < 1.29 is 58.8 Å². The molecule has 0 amide bonds. The Balaban J connectivity index is 1.14. The van der Waals surface area contributed by atoms with Crippen LogP contribution < -0.4 is 36.0 Å². The third-order valence-electron chi connectivity index (χ3n) is 12.5. The SMILES string of the molecule is CCc1cc(O)cc(COc2c(OC3OC(C(=O)O)C(O)(C4(C5CNCN5)CCCCC4)C(O)C3O)cc3oc(-c4ccc(OCCc5ccc(N)[nH]5)cc4)cc(=O)c3c2O)c1. The lowest BCUT2D eigenvalue weighted by atomic mass is 9.54. The molecule has 17 heteroatoms. The van der Waals surface area contributed by atoms with E-state index in [-0.39, 0.29) is 34.8 Å². The molecule has 11 N–H and O–H groups in total. The van der Waals surface area contributed by atoms with E-state index in [1.165, 1.54) is 18.2 Å². The number of hydrogen-bond donors (Lipinski definition) is 10. The van der Waals surface area contributed by atoms with Gasteiger partial charge in [-0.2, -0.15) is 0 Å². The van der Waals surface area contributed by atoms with Crippen LogP contribution in [0.1, 0.15) is 55.8 Å². The van der Waals surface area contributed by atoms with Crippen LogP contribution in [0.25, 0.3) is 22.3 Å². The van der Waals surface area contributed by atoms with Gasteiger partial charge in [-0.05, 0) is 78.9 Å². The number of phenolic OH excluding ortho intramolecular Hbond substituents is 2. The monoisotopic (exact) mass is 856 g/mol. The molecule has 330 valence electrons. The van der Waals surface area contributed by atoms with Gasteiger partial charge in [0.25, 0.3) is 0 Å². The van der Waals surface area contributed by atoms with Crippen molar-refractivity contribution in [3.8, 4) is 40.1 Å². The number of nitrogens with two attached hydrogens (primary N) is 1. The zero-order valence-corrected chi connectivity index (χ0v) is 34.1. The van der Waals surface area contributed by atoms with Crippen molar-refractivity contribution in [2.45, 2.75) is 94.7 Å². The Hall–Kier alpha value is -5.82. The van der Waals surface area contributed by atoms with Crippen LogP contribution in [0.15, 0.2) is 75.9 Å². The number of aliphatic hydroxyl groups is 3. The number of fused-ring (bicyclic) bond motifs is 1. The number of H-pyrrole nitrogens is 1. The van der Waals surface area contributed by atoms with E-state index in [0.717, 1.165) is 17.7 Å². The summed E-state index contributed by atoms with van der Waals surface area (Å²) in [4.78, 5) is 29.9. The van der Waals surface area contributed by atoms with Crippen LogP contribution in [0.3, 0.4) is 0 Å². The van der Waals surface area contributed by atoms with Crippen molar-refractivity contribution in [3.05, 3.63) is 93.8 Å². The number of nitrogens with one attached hydrogen (secondary N) is 3. The molecule has 62 heavy (non-hydrogen) atoms. The maximum atomic E-state index is 13.8. The molecule has 8 rings (SSSR count). The molecule has 2 saturated heterocycles. The molecule has 1 aliphatic carbocycles. The molecule has 5 aromatic rings. The maximum Gasteiger partial charge on any atom is 0.336 e. The summed E-state index contributed by atoms with van der Waals surface area (Å²) < 4.78 is 30.3. The Morgan fingerprint density at radius 2 is 1.73 bits per heavy atom. The number of carbonyl (C=O) groups is 1. The molecular weight excluding hydrogens is 805 g/mol. The quantitative estimate of drug-likeness (QED) is 0.0764. The second-order valence-corrected chi connectivity index (χ2v) is 16.3. The Morgan fingerprint density at radius 1 is 0.968 bits per heavy atom. The Bertz CT molecular complexity index is 2460. The highest BCUT2D eigenvalue weighted by Gasteiger charge is 2.69. The molecule has 4 heterocycles. The number of hydrogen-bond acceptors (Lipinski definition) is 15. The topological polar surface area (TPSA) is 271 Å². The van der Waals surface area contributed by atoms with Gasteiger partial charge in [-0.15, -0.1) is 0 Å². The van der Waals surface area contributed by atoms with Crippen molar-refractivity contribution in [2.75, 3.05) is 25.6 Å². The van der Waals surface area contributed by atoms with Crippen LogP contribution in [0, 0.1) is 5.41 Å². The van der Waals surface area contributed by atoms with Crippen molar-refractivity contribution >= 4 is 22.8 Å². The number of aromatic hydroxyl groups is 2.